The van der Waals surface area contributed by atoms with Gasteiger partial charge < -0.3 is 19.7 Å². The lowest BCUT2D eigenvalue weighted by molar-refractivity contribution is 0.102. The highest BCUT2D eigenvalue weighted by Crippen LogP contribution is 2.22. The number of benzene rings is 1. The number of amides is 1. The van der Waals surface area contributed by atoms with Crippen molar-refractivity contribution in [3.05, 3.63) is 46.4 Å². The van der Waals surface area contributed by atoms with E-state index in [9.17, 15) is 9.59 Å². The normalized spacial score (nSPS) is 14.2. The van der Waals surface area contributed by atoms with E-state index in [-0.39, 0.29) is 11.5 Å². The predicted molar refractivity (Wildman–Crippen MR) is 93.5 cm³/mol. The van der Waals surface area contributed by atoms with Crippen molar-refractivity contribution in [1.29, 1.82) is 0 Å². The topological polar surface area (TPSA) is 85.7 Å². The third kappa shape index (κ3) is 3.63. The number of anilines is 2. The Morgan fingerprint density at radius 3 is 2.56 bits per heavy atom. The number of hydrogen-bond acceptors (Lipinski definition) is 6. The highest BCUT2D eigenvalue weighted by molar-refractivity contribution is 6.05. The fraction of sp³-hybridized carbons (Fsp3) is 0.353. The number of morpholine rings is 1. The number of carbonyl (C=O) groups is 1. The molecule has 0 unspecified atom stereocenters. The summed E-state index contributed by atoms with van der Waals surface area (Å²) in [6.07, 6.45) is 1.49. The molecule has 1 saturated heterocycles. The fourth-order valence-electron chi connectivity index (χ4n) is 2.65. The first-order valence-corrected chi connectivity index (χ1v) is 7.94. The summed E-state index contributed by atoms with van der Waals surface area (Å²) >= 11 is 0. The van der Waals surface area contributed by atoms with Crippen molar-refractivity contribution in [3.8, 4) is 5.75 Å². The van der Waals surface area contributed by atoms with E-state index in [0.717, 1.165) is 0 Å². The summed E-state index contributed by atoms with van der Waals surface area (Å²) in [6.45, 7) is 2.25. The first-order valence-electron chi connectivity index (χ1n) is 7.94. The minimum Gasteiger partial charge on any atom is -0.497 e. The molecule has 0 bridgehead atoms. The molecule has 0 radical (unpaired) electrons. The lowest BCUT2D eigenvalue weighted by Crippen LogP contribution is -2.41. The average molecular weight is 344 g/mol. The number of nitrogens with one attached hydrogen (secondary N) is 1. The van der Waals surface area contributed by atoms with Gasteiger partial charge in [0.15, 0.2) is 0 Å². The molecular formula is C17H20N4O4. The van der Waals surface area contributed by atoms with Crippen molar-refractivity contribution in [2.45, 2.75) is 0 Å². The van der Waals surface area contributed by atoms with E-state index in [1.165, 1.54) is 10.9 Å². The lowest BCUT2D eigenvalue weighted by atomic mass is 10.2. The first-order chi connectivity index (χ1) is 12.1. The Bertz CT molecular complexity index is 810. The molecule has 1 aliphatic heterocycles. The van der Waals surface area contributed by atoms with Crippen molar-refractivity contribution in [1.82, 2.24) is 9.78 Å². The van der Waals surface area contributed by atoms with E-state index < -0.39 is 0 Å². The molecule has 8 heteroatoms. The van der Waals surface area contributed by atoms with Crippen LogP contribution in [-0.4, -0.2) is 49.1 Å². The Morgan fingerprint density at radius 1 is 1.24 bits per heavy atom. The molecule has 0 atom stereocenters. The van der Waals surface area contributed by atoms with Crippen molar-refractivity contribution in [3.63, 3.8) is 0 Å². The van der Waals surface area contributed by atoms with Crippen LogP contribution >= 0.6 is 0 Å². The molecular weight excluding hydrogens is 324 g/mol. The average Bonchev–Trinajstić information content (AvgIpc) is 2.65. The molecule has 132 valence electrons. The monoisotopic (exact) mass is 344 g/mol. The van der Waals surface area contributed by atoms with Gasteiger partial charge in [-0.2, -0.15) is 5.10 Å². The fourth-order valence-corrected chi connectivity index (χ4v) is 2.65. The highest BCUT2D eigenvalue weighted by Gasteiger charge is 2.21. The van der Waals surface area contributed by atoms with Crippen LogP contribution < -0.4 is 20.5 Å². The number of rotatable bonds is 4. The zero-order chi connectivity index (χ0) is 17.8. The van der Waals surface area contributed by atoms with Gasteiger partial charge in [0.1, 0.15) is 11.4 Å². The summed E-state index contributed by atoms with van der Waals surface area (Å²) in [5, 5.41) is 6.81. The van der Waals surface area contributed by atoms with Gasteiger partial charge in [-0.05, 0) is 24.3 Å². The van der Waals surface area contributed by atoms with E-state index in [2.05, 4.69) is 10.4 Å². The second-order valence-electron chi connectivity index (χ2n) is 5.62. The summed E-state index contributed by atoms with van der Waals surface area (Å²) in [6, 6.07) is 6.74. The van der Waals surface area contributed by atoms with Crippen molar-refractivity contribution >= 4 is 17.3 Å². The number of methoxy groups -OCH3 is 1. The second-order valence-corrected chi connectivity index (χ2v) is 5.62. The quantitative estimate of drug-likeness (QED) is 0.886. The molecule has 25 heavy (non-hydrogen) atoms. The molecule has 1 amide bonds. The van der Waals surface area contributed by atoms with Crippen LogP contribution in [0.1, 0.15) is 10.4 Å². The van der Waals surface area contributed by atoms with E-state index in [1.807, 2.05) is 4.90 Å². The number of ether oxygens (including phenoxy) is 2. The maximum atomic E-state index is 12.5. The Labute approximate surface area is 145 Å². The molecule has 1 aliphatic rings. The standard InChI is InChI=1S/C17H20N4O4/c1-20-17(23)15(21-7-9-25-10-8-21)14(11-18-20)19-16(22)12-3-5-13(24-2)6-4-12/h3-6,11H,7-10H2,1-2H3,(H,19,22). The second kappa shape index (κ2) is 7.35. The highest BCUT2D eigenvalue weighted by atomic mass is 16.5. The van der Waals surface area contributed by atoms with Crippen LogP contribution in [0.4, 0.5) is 11.4 Å². The minimum atomic E-state index is -0.313. The van der Waals surface area contributed by atoms with Crippen molar-refractivity contribution in [2.75, 3.05) is 43.6 Å². The zero-order valence-electron chi connectivity index (χ0n) is 14.2. The van der Waals surface area contributed by atoms with E-state index in [4.69, 9.17) is 9.47 Å². The van der Waals surface area contributed by atoms with E-state index in [0.29, 0.717) is 49.0 Å². The third-order valence-corrected chi connectivity index (χ3v) is 4.04. The summed E-state index contributed by atoms with van der Waals surface area (Å²) in [4.78, 5) is 27.0. The smallest absolute Gasteiger partial charge is 0.292 e. The Kier molecular flexibility index (Phi) is 4.99. The molecule has 1 aromatic heterocycles. The van der Waals surface area contributed by atoms with Crippen LogP contribution in [0.2, 0.25) is 0 Å². The van der Waals surface area contributed by atoms with Crippen LogP contribution in [0.3, 0.4) is 0 Å². The number of carbonyl (C=O) groups excluding carboxylic acids is 1. The molecule has 1 N–H and O–H groups in total. The SMILES string of the molecule is COc1ccc(C(=O)Nc2cnn(C)c(=O)c2N2CCOCC2)cc1. The third-order valence-electron chi connectivity index (χ3n) is 4.04. The molecule has 2 aromatic rings. The molecule has 2 heterocycles. The van der Waals surface area contributed by atoms with Crippen LogP contribution in [0.25, 0.3) is 0 Å². The first kappa shape index (κ1) is 17.0. The summed E-state index contributed by atoms with van der Waals surface area (Å²) < 4.78 is 11.7. The number of hydrogen-bond donors (Lipinski definition) is 1. The molecule has 0 spiro atoms. The maximum Gasteiger partial charge on any atom is 0.292 e. The number of aryl methyl sites for hydroxylation is 1. The summed E-state index contributed by atoms with van der Waals surface area (Å²) in [5.74, 6) is 0.355. The van der Waals surface area contributed by atoms with Gasteiger partial charge in [-0.25, -0.2) is 4.68 Å². The van der Waals surface area contributed by atoms with Gasteiger partial charge in [0.2, 0.25) is 0 Å². The Hall–Kier alpha value is -2.87. The molecule has 3 rings (SSSR count). The van der Waals surface area contributed by atoms with Gasteiger partial charge >= 0.3 is 0 Å². The van der Waals surface area contributed by atoms with Crippen LogP contribution in [-0.2, 0) is 11.8 Å². The Balaban J connectivity index is 1.89. The van der Waals surface area contributed by atoms with Gasteiger partial charge in [-0.1, -0.05) is 0 Å². The molecule has 0 aliphatic carbocycles. The van der Waals surface area contributed by atoms with Gasteiger partial charge in [-0.15, -0.1) is 0 Å². The van der Waals surface area contributed by atoms with Crippen molar-refractivity contribution in [2.24, 2.45) is 7.05 Å². The van der Waals surface area contributed by atoms with Crippen LogP contribution in [0.5, 0.6) is 5.75 Å². The Morgan fingerprint density at radius 2 is 1.92 bits per heavy atom. The largest absolute Gasteiger partial charge is 0.497 e. The molecule has 1 aromatic carbocycles. The maximum absolute atomic E-state index is 12.5. The lowest BCUT2D eigenvalue weighted by Gasteiger charge is -2.29. The van der Waals surface area contributed by atoms with Crippen molar-refractivity contribution < 1.29 is 14.3 Å². The van der Waals surface area contributed by atoms with E-state index >= 15 is 0 Å². The van der Waals surface area contributed by atoms with Gasteiger partial charge in [0.25, 0.3) is 11.5 Å². The van der Waals surface area contributed by atoms with Gasteiger partial charge in [0, 0.05) is 25.7 Å². The van der Waals surface area contributed by atoms with Gasteiger partial charge in [-0.3, -0.25) is 9.59 Å². The van der Waals surface area contributed by atoms with Crippen LogP contribution in [0, 0.1) is 0 Å². The molecule has 1 fully saturated rings. The zero-order valence-corrected chi connectivity index (χ0v) is 14.2. The van der Waals surface area contributed by atoms with E-state index in [1.54, 1.807) is 38.4 Å². The summed E-state index contributed by atoms with van der Waals surface area (Å²) in [7, 11) is 3.15. The van der Waals surface area contributed by atoms with Crippen LogP contribution in [0.15, 0.2) is 35.3 Å². The van der Waals surface area contributed by atoms with Gasteiger partial charge in [0.05, 0.1) is 32.2 Å². The molecule has 8 nitrogen and oxygen atoms in total. The number of nitrogens with zero attached hydrogens (tertiary/aromatic N) is 3. The minimum absolute atomic E-state index is 0.255. The number of aromatic nitrogens is 2. The summed E-state index contributed by atoms with van der Waals surface area (Å²) in [5.41, 5.74) is 1.04. The predicted octanol–water partition coefficient (Wildman–Crippen LogP) is 0.878. The molecule has 0 saturated carbocycles.